The summed E-state index contributed by atoms with van der Waals surface area (Å²) in [7, 11) is -2.41. The lowest BCUT2D eigenvalue weighted by Crippen LogP contribution is -2.40. The van der Waals surface area contributed by atoms with Gasteiger partial charge in [0.15, 0.2) is 5.78 Å². The highest BCUT2D eigenvalue weighted by atomic mass is 35.5. The van der Waals surface area contributed by atoms with Gasteiger partial charge in [0.1, 0.15) is 16.5 Å². The van der Waals surface area contributed by atoms with E-state index in [0.717, 1.165) is 6.07 Å². The summed E-state index contributed by atoms with van der Waals surface area (Å²) in [5.41, 5.74) is 0.570. The molecule has 0 amide bonds. The van der Waals surface area contributed by atoms with Crippen molar-refractivity contribution in [2.24, 2.45) is 5.92 Å². The zero-order chi connectivity index (χ0) is 19.6. The first-order valence-corrected chi connectivity index (χ1v) is 10.3. The summed E-state index contributed by atoms with van der Waals surface area (Å²) in [5, 5.41) is 0.134. The maximum Gasteiger partial charge on any atom is 0.245 e. The fourth-order valence-corrected chi connectivity index (χ4v) is 4.85. The van der Waals surface area contributed by atoms with E-state index >= 15 is 0 Å². The number of methoxy groups -OCH3 is 1. The third-order valence-electron chi connectivity index (χ3n) is 4.71. The van der Waals surface area contributed by atoms with Crippen molar-refractivity contribution in [2.45, 2.75) is 17.7 Å². The molecule has 2 aromatic rings. The van der Waals surface area contributed by atoms with E-state index in [1.807, 2.05) is 0 Å². The highest BCUT2D eigenvalue weighted by Crippen LogP contribution is 2.28. The van der Waals surface area contributed by atoms with Crippen LogP contribution >= 0.6 is 11.6 Å². The number of hydrogen-bond acceptors (Lipinski definition) is 4. The van der Waals surface area contributed by atoms with Gasteiger partial charge in [0.2, 0.25) is 10.0 Å². The summed E-state index contributed by atoms with van der Waals surface area (Å²) in [6, 6.07) is 10.3. The molecule has 1 aliphatic heterocycles. The number of carbonyl (C=O) groups excluding carboxylic acids is 1. The first-order chi connectivity index (χ1) is 12.8. The number of benzene rings is 2. The molecule has 3 rings (SSSR count). The van der Waals surface area contributed by atoms with Gasteiger partial charge in [-0.1, -0.05) is 11.6 Å². The first kappa shape index (κ1) is 19.8. The van der Waals surface area contributed by atoms with E-state index < -0.39 is 20.7 Å². The minimum atomic E-state index is -3.96. The molecule has 1 heterocycles. The summed E-state index contributed by atoms with van der Waals surface area (Å²) in [4.78, 5) is 12.2. The predicted molar refractivity (Wildman–Crippen MR) is 100 cm³/mol. The number of piperidine rings is 1. The third-order valence-corrected chi connectivity index (χ3v) is 6.88. The van der Waals surface area contributed by atoms with Gasteiger partial charge in [-0.25, -0.2) is 12.8 Å². The summed E-state index contributed by atoms with van der Waals surface area (Å²) in [5.74, 6) is -0.497. The van der Waals surface area contributed by atoms with Gasteiger partial charge in [-0.2, -0.15) is 4.31 Å². The van der Waals surface area contributed by atoms with Crippen molar-refractivity contribution in [3.8, 4) is 5.75 Å². The Labute approximate surface area is 162 Å². The van der Waals surface area contributed by atoms with Crippen molar-refractivity contribution in [1.82, 2.24) is 4.31 Å². The van der Waals surface area contributed by atoms with Gasteiger partial charge in [0, 0.05) is 29.6 Å². The molecule has 0 aromatic heterocycles. The lowest BCUT2D eigenvalue weighted by Gasteiger charge is -2.30. The second-order valence-electron chi connectivity index (χ2n) is 6.35. The molecule has 0 spiro atoms. The van der Waals surface area contributed by atoms with Gasteiger partial charge in [-0.3, -0.25) is 4.79 Å². The van der Waals surface area contributed by atoms with Crippen LogP contribution in [0.4, 0.5) is 4.39 Å². The Bertz CT molecular complexity index is 939. The average Bonchev–Trinajstić information content (AvgIpc) is 2.67. The van der Waals surface area contributed by atoms with E-state index in [-0.39, 0.29) is 29.8 Å². The Morgan fingerprint density at radius 1 is 1.15 bits per heavy atom. The maximum absolute atomic E-state index is 14.0. The van der Waals surface area contributed by atoms with E-state index in [2.05, 4.69) is 0 Å². The van der Waals surface area contributed by atoms with E-state index in [9.17, 15) is 17.6 Å². The number of Topliss-reactive ketones (excluding diaryl/α,β-unsaturated/α-hetero) is 1. The molecular weight excluding hydrogens is 393 g/mol. The number of halogens is 2. The molecule has 0 radical (unpaired) electrons. The smallest absolute Gasteiger partial charge is 0.245 e. The minimum Gasteiger partial charge on any atom is -0.497 e. The number of rotatable bonds is 5. The Kier molecular flexibility index (Phi) is 5.83. The van der Waals surface area contributed by atoms with Crippen LogP contribution in [-0.2, 0) is 10.0 Å². The number of hydrogen-bond donors (Lipinski definition) is 0. The Morgan fingerprint density at radius 2 is 1.78 bits per heavy atom. The average molecular weight is 412 g/mol. The van der Waals surface area contributed by atoms with Crippen molar-refractivity contribution in [2.75, 3.05) is 20.2 Å². The number of ether oxygens (including phenoxy) is 1. The molecule has 0 unspecified atom stereocenters. The van der Waals surface area contributed by atoms with E-state index in [1.54, 1.807) is 31.4 Å². The Balaban J connectivity index is 1.69. The maximum atomic E-state index is 14.0. The largest absolute Gasteiger partial charge is 0.497 e. The van der Waals surface area contributed by atoms with Crippen LogP contribution in [0.5, 0.6) is 5.75 Å². The van der Waals surface area contributed by atoms with E-state index in [1.165, 1.54) is 16.4 Å². The molecule has 1 saturated heterocycles. The molecule has 0 bridgehead atoms. The number of ketones is 1. The highest BCUT2D eigenvalue weighted by molar-refractivity contribution is 7.89. The fraction of sp³-hybridized carbons (Fsp3) is 0.316. The molecule has 0 N–H and O–H groups in total. The minimum absolute atomic E-state index is 0.0209. The quantitative estimate of drug-likeness (QED) is 0.702. The van der Waals surface area contributed by atoms with Crippen LogP contribution in [0.15, 0.2) is 47.4 Å². The molecule has 2 aromatic carbocycles. The standard InChI is InChI=1S/C19H19ClFNO4S/c1-26-16-5-2-13(3-6-16)19(23)14-8-10-22(11-9-14)27(24,25)18-7-4-15(20)12-17(18)21/h2-7,12,14H,8-11H2,1H3. The lowest BCUT2D eigenvalue weighted by molar-refractivity contribution is 0.0875. The number of sulfonamides is 1. The van der Waals surface area contributed by atoms with Crippen LogP contribution in [-0.4, -0.2) is 38.7 Å². The molecule has 1 fully saturated rings. The monoisotopic (exact) mass is 411 g/mol. The summed E-state index contributed by atoms with van der Waals surface area (Å²) in [6.45, 7) is 0.327. The van der Waals surface area contributed by atoms with Gasteiger partial charge in [0.05, 0.1) is 7.11 Å². The van der Waals surface area contributed by atoms with E-state index in [0.29, 0.717) is 24.2 Å². The predicted octanol–water partition coefficient (Wildman–Crippen LogP) is 3.77. The van der Waals surface area contributed by atoms with Gasteiger partial charge in [0.25, 0.3) is 0 Å². The van der Waals surface area contributed by atoms with Crippen molar-refractivity contribution in [3.05, 3.63) is 58.9 Å². The van der Waals surface area contributed by atoms with Gasteiger partial charge < -0.3 is 4.74 Å². The van der Waals surface area contributed by atoms with Crippen molar-refractivity contribution >= 4 is 27.4 Å². The van der Waals surface area contributed by atoms with Crippen molar-refractivity contribution in [3.63, 3.8) is 0 Å². The topological polar surface area (TPSA) is 63.7 Å². The van der Waals surface area contributed by atoms with Crippen LogP contribution in [0.25, 0.3) is 0 Å². The molecular formula is C19H19ClFNO4S. The van der Waals surface area contributed by atoms with Crippen LogP contribution in [0.3, 0.4) is 0 Å². The second kappa shape index (κ2) is 7.96. The van der Waals surface area contributed by atoms with Crippen molar-refractivity contribution in [1.29, 1.82) is 0 Å². The summed E-state index contributed by atoms with van der Waals surface area (Å²) in [6.07, 6.45) is 0.776. The Hall–Kier alpha value is -1.96. The Morgan fingerprint density at radius 3 is 2.33 bits per heavy atom. The summed E-state index contributed by atoms with van der Waals surface area (Å²) >= 11 is 5.69. The van der Waals surface area contributed by atoms with Gasteiger partial charge in [-0.05, 0) is 55.3 Å². The van der Waals surface area contributed by atoms with Crippen LogP contribution in [0.1, 0.15) is 23.2 Å². The molecule has 1 aliphatic rings. The molecule has 27 heavy (non-hydrogen) atoms. The highest BCUT2D eigenvalue weighted by Gasteiger charge is 2.33. The third kappa shape index (κ3) is 4.15. The fourth-order valence-electron chi connectivity index (χ4n) is 3.17. The molecule has 144 valence electrons. The zero-order valence-electron chi connectivity index (χ0n) is 14.7. The van der Waals surface area contributed by atoms with Crippen LogP contribution < -0.4 is 4.74 Å². The molecule has 8 heteroatoms. The van der Waals surface area contributed by atoms with Gasteiger partial charge >= 0.3 is 0 Å². The normalized spacial score (nSPS) is 16.3. The second-order valence-corrected chi connectivity index (χ2v) is 8.69. The first-order valence-electron chi connectivity index (χ1n) is 8.46. The zero-order valence-corrected chi connectivity index (χ0v) is 16.3. The summed E-state index contributed by atoms with van der Waals surface area (Å²) < 4.78 is 45.7. The van der Waals surface area contributed by atoms with Crippen LogP contribution in [0, 0.1) is 11.7 Å². The molecule has 5 nitrogen and oxygen atoms in total. The van der Waals surface area contributed by atoms with Gasteiger partial charge in [-0.15, -0.1) is 0 Å². The molecule has 0 saturated carbocycles. The molecule has 0 aliphatic carbocycles. The number of carbonyl (C=O) groups is 1. The number of nitrogens with zero attached hydrogens (tertiary/aromatic N) is 1. The van der Waals surface area contributed by atoms with Crippen molar-refractivity contribution < 1.29 is 22.3 Å². The SMILES string of the molecule is COc1ccc(C(=O)C2CCN(S(=O)(=O)c3ccc(Cl)cc3F)CC2)cc1. The van der Waals surface area contributed by atoms with E-state index in [4.69, 9.17) is 16.3 Å². The molecule has 0 atom stereocenters. The van der Waals surface area contributed by atoms with Crippen LogP contribution in [0.2, 0.25) is 5.02 Å². The lowest BCUT2D eigenvalue weighted by atomic mass is 9.89.